The van der Waals surface area contributed by atoms with Gasteiger partial charge in [-0.2, -0.15) is 0 Å². The molecule has 1 aliphatic heterocycles. The van der Waals surface area contributed by atoms with E-state index in [2.05, 4.69) is 19.2 Å². The first kappa shape index (κ1) is 11.5. The molecule has 2 atom stereocenters. The number of hydrogen-bond acceptors (Lipinski definition) is 2. The zero-order valence-corrected chi connectivity index (χ0v) is 9.55. The van der Waals surface area contributed by atoms with Crippen LogP contribution < -0.4 is 5.32 Å². The number of rotatable bonds is 4. The van der Waals surface area contributed by atoms with Crippen molar-refractivity contribution in [3.05, 3.63) is 0 Å². The fraction of sp³-hybridized carbons (Fsp3) is 0.909. The molecule has 1 heterocycles. The lowest BCUT2D eigenvalue weighted by Crippen LogP contribution is -2.36. The molecule has 82 valence electrons. The van der Waals surface area contributed by atoms with Crippen molar-refractivity contribution in [2.75, 3.05) is 26.7 Å². The maximum absolute atomic E-state index is 11.9. The van der Waals surface area contributed by atoms with Gasteiger partial charge in [-0.25, -0.2) is 0 Å². The van der Waals surface area contributed by atoms with Crippen molar-refractivity contribution in [1.82, 2.24) is 10.2 Å². The Hall–Kier alpha value is -0.570. The van der Waals surface area contributed by atoms with Gasteiger partial charge in [0.25, 0.3) is 0 Å². The molecule has 0 aromatic carbocycles. The van der Waals surface area contributed by atoms with Gasteiger partial charge in [-0.3, -0.25) is 4.79 Å². The van der Waals surface area contributed by atoms with Crippen LogP contribution in [0.3, 0.4) is 0 Å². The van der Waals surface area contributed by atoms with E-state index in [1.807, 2.05) is 11.9 Å². The third-order valence-corrected chi connectivity index (χ3v) is 3.07. The second-order valence-electron chi connectivity index (χ2n) is 4.42. The summed E-state index contributed by atoms with van der Waals surface area (Å²) in [5.74, 6) is 1.15. The second kappa shape index (κ2) is 5.35. The molecule has 0 aliphatic carbocycles. The lowest BCUT2D eigenvalue weighted by molar-refractivity contribution is -0.134. The molecular formula is C11H22N2O. The van der Waals surface area contributed by atoms with Crippen LogP contribution in [0.4, 0.5) is 0 Å². The van der Waals surface area contributed by atoms with Crippen LogP contribution in [0, 0.1) is 11.8 Å². The van der Waals surface area contributed by atoms with Gasteiger partial charge in [0.2, 0.25) is 5.91 Å². The number of nitrogens with zero attached hydrogens (tertiary/aromatic N) is 1. The summed E-state index contributed by atoms with van der Waals surface area (Å²) in [6.07, 6.45) is 2.14. The lowest BCUT2D eigenvalue weighted by atomic mass is 10.1. The summed E-state index contributed by atoms with van der Waals surface area (Å²) in [7, 11) is 1.92. The van der Waals surface area contributed by atoms with E-state index in [4.69, 9.17) is 0 Å². The van der Waals surface area contributed by atoms with E-state index in [1.54, 1.807) is 0 Å². The van der Waals surface area contributed by atoms with Crippen LogP contribution in [0.5, 0.6) is 0 Å². The maximum atomic E-state index is 11.9. The maximum Gasteiger partial charge on any atom is 0.226 e. The molecule has 3 heteroatoms. The topological polar surface area (TPSA) is 32.3 Å². The lowest BCUT2D eigenvalue weighted by Gasteiger charge is -2.23. The minimum Gasteiger partial charge on any atom is -0.345 e. The third-order valence-electron chi connectivity index (χ3n) is 3.07. The van der Waals surface area contributed by atoms with Gasteiger partial charge in [-0.15, -0.1) is 0 Å². The van der Waals surface area contributed by atoms with Gasteiger partial charge in [0, 0.05) is 20.1 Å². The van der Waals surface area contributed by atoms with Crippen molar-refractivity contribution in [1.29, 1.82) is 0 Å². The predicted octanol–water partition coefficient (Wildman–Crippen LogP) is 1.10. The zero-order chi connectivity index (χ0) is 10.6. The second-order valence-corrected chi connectivity index (χ2v) is 4.42. The summed E-state index contributed by atoms with van der Waals surface area (Å²) >= 11 is 0. The van der Waals surface area contributed by atoms with E-state index in [-0.39, 0.29) is 5.92 Å². The summed E-state index contributed by atoms with van der Waals surface area (Å²) in [6.45, 7) is 7.11. The van der Waals surface area contributed by atoms with Gasteiger partial charge in [0.05, 0.1) is 5.92 Å². The van der Waals surface area contributed by atoms with Gasteiger partial charge >= 0.3 is 0 Å². The molecule has 0 aromatic rings. The van der Waals surface area contributed by atoms with Gasteiger partial charge < -0.3 is 10.2 Å². The Kier molecular flexibility index (Phi) is 4.39. The van der Waals surface area contributed by atoms with Gasteiger partial charge in [0.1, 0.15) is 0 Å². The Morgan fingerprint density at radius 3 is 2.86 bits per heavy atom. The van der Waals surface area contributed by atoms with Crippen LogP contribution in [0.25, 0.3) is 0 Å². The van der Waals surface area contributed by atoms with Crippen molar-refractivity contribution in [3.8, 4) is 0 Å². The van der Waals surface area contributed by atoms with Crippen molar-refractivity contribution in [2.45, 2.75) is 26.7 Å². The normalized spacial score (nSPS) is 23.5. The SMILES string of the molecule is CCC(C)CN(C)C(=O)C1CCNC1. The highest BCUT2D eigenvalue weighted by atomic mass is 16.2. The molecule has 2 unspecified atom stereocenters. The molecule has 0 saturated carbocycles. The zero-order valence-electron chi connectivity index (χ0n) is 9.55. The van der Waals surface area contributed by atoms with Crippen molar-refractivity contribution < 1.29 is 4.79 Å². The molecule has 0 spiro atoms. The van der Waals surface area contributed by atoms with Crippen LogP contribution in [0.15, 0.2) is 0 Å². The van der Waals surface area contributed by atoms with E-state index < -0.39 is 0 Å². The van der Waals surface area contributed by atoms with Gasteiger partial charge in [-0.1, -0.05) is 20.3 Å². The van der Waals surface area contributed by atoms with E-state index >= 15 is 0 Å². The summed E-state index contributed by atoms with van der Waals surface area (Å²) in [4.78, 5) is 13.8. The van der Waals surface area contributed by atoms with Crippen molar-refractivity contribution in [2.24, 2.45) is 11.8 Å². The molecule has 0 bridgehead atoms. The van der Waals surface area contributed by atoms with Crippen molar-refractivity contribution >= 4 is 5.91 Å². The average Bonchev–Trinajstić information content (AvgIpc) is 2.69. The number of nitrogens with one attached hydrogen (secondary N) is 1. The average molecular weight is 198 g/mol. The predicted molar refractivity (Wildman–Crippen MR) is 58.1 cm³/mol. The monoisotopic (exact) mass is 198 g/mol. The smallest absolute Gasteiger partial charge is 0.226 e. The molecule has 1 fully saturated rings. The summed E-state index contributed by atoms with van der Waals surface area (Å²) in [5.41, 5.74) is 0. The quantitative estimate of drug-likeness (QED) is 0.733. The highest BCUT2D eigenvalue weighted by Crippen LogP contribution is 2.12. The molecule has 3 nitrogen and oxygen atoms in total. The van der Waals surface area contributed by atoms with Crippen molar-refractivity contribution in [3.63, 3.8) is 0 Å². The van der Waals surface area contributed by atoms with E-state index in [1.165, 1.54) is 0 Å². The van der Waals surface area contributed by atoms with Crippen LogP contribution in [-0.4, -0.2) is 37.5 Å². The Morgan fingerprint density at radius 1 is 1.64 bits per heavy atom. The standard InChI is InChI=1S/C11H22N2O/c1-4-9(2)8-13(3)11(14)10-5-6-12-7-10/h9-10,12H,4-8H2,1-3H3. The third kappa shape index (κ3) is 2.98. The molecule has 0 radical (unpaired) electrons. The van der Waals surface area contributed by atoms with Gasteiger partial charge in [-0.05, 0) is 18.9 Å². The van der Waals surface area contributed by atoms with Crippen LogP contribution >= 0.6 is 0 Å². The molecular weight excluding hydrogens is 176 g/mol. The molecule has 14 heavy (non-hydrogen) atoms. The minimum absolute atomic E-state index is 0.226. The number of carbonyl (C=O) groups is 1. The summed E-state index contributed by atoms with van der Waals surface area (Å²) in [5, 5.41) is 3.23. The fourth-order valence-electron chi connectivity index (χ4n) is 1.86. The Morgan fingerprint density at radius 2 is 2.36 bits per heavy atom. The highest BCUT2D eigenvalue weighted by molar-refractivity contribution is 5.79. The first-order chi connectivity index (χ1) is 6.65. The first-order valence-electron chi connectivity index (χ1n) is 5.60. The Balaban J connectivity index is 2.35. The minimum atomic E-state index is 0.226. The molecule has 1 N–H and O–H groups in total. The number of carbonyl (C=O) groups excluding carboxylic acids is 1. The Labute approximate surface area is 86.9 Å². The summed E-state index contributed by atoms with van der Waals surface area (Å²) in [6, 6.07) is 0. The largest absolute Gasteiger partial charge is 0.345 e. The van der Waals surface area contributed by atoms with Crippen LogP contribution in [0.2, 0.25) is 0 Å². The van der Waals surface area contributed by atoms with Crippen LogP contribution in [-0.2, 0) is 4.79 Å². The van der Waals surface area contributed by atoms with Crippen LogP contribution in [0.1, 0.15) is 26.7 Å². The molecule has 0 aromatic heterocycles. The molecule has 1 aliphatic rings. The summed E-state index contributed by atoms with van der Waals surface area (Å²) < 4.78 is 0. The highest BCUT2D eigenvalue weighted by Gasteiger charge is 2.25. The van der Waals surface area contributed by atoms with E-state index in [0.717, 1.165) is 32.5 Å². The van der Waals surface area contributed by atoms with E-state index in [9.17, 15) is 4.79 Å². The Bertz CT molecular complexity index is 188. The molecule has 1 rings (SSSR count). The number of amides is 1. The van der Waals surface area contributed by atoms with Gasteiger partial charge in [0.15, 0.2) is 0 Å². The fourth-order valence-corrected chi connectivity index (χ4v) is 1.86. The molecule has 1 saturated heterocycles. The first-order valence-corrected chi connectivity index (χ1v) is 5.60. The molecule has 1 amide bonds. The number of hydrogen-bond donors (Lipinski definition) is 1. The van der Waals surface area contributed by atoms with E-state index in [0.29, 0.717) is 11.8 Å².